The molecule has 0 saturated heterocycles. The molecule has 0 rings (SSSR count). The number of aliphatic carboxylic acids is 1. The molecule has 0 atom stereocenters. The van der Waals surface area contributed by atoms with Gasteiger partial charge in [-0.25, -0.2) is 0 Å². The van der Waals surface area contributed by atoms with Gasteiger partial charge in [0.25, 0.3) is 0 Å². The second kappa shape index (κ2) is 16.7. The summed E-state index contributed by atoms with van der Waals surface area (Å²) in [7, 11) is -50.9. The van der Waals surface area contributed by atoms with Crippen LogP contribution in [0.25, 0.3) is 0 Å². The Bertz CT molecular complexity index is 1230. The van der Waals surface area contributed by atoms with E-state index in [1.807, 2.05) is 0 Å². The number of carbonyl (C=O) groups is 1. The van der Waals surface area contributed by atoms with E-state index in [0.29, 0.717) is 4.90 Å². The Morgan fingerprint density at radius 2 is 0.562 bits per heavy atom. The van der Waals surface area contributed by atoms with Gasteiger partial charge in [-0.2, -0.15) is 0 Å². The van der Waals surface area contributed by atoms with E-state index in [1.54, 1.807) is 0 Å². The van der Waals surface area contributed by atoms with Crippen molar-refractivity contribution >= 4 is 66.7 Å². The van der Waals surface area contributed by atoms with Gasteiger partial charge in [0.05, 0.1) is 6.42 Å². The van der Waals surface area contributed by atoms with Crippen LogP contribution in [0.2, 0.25) is 0 Å². The third-order valence-electron chi connectivity index (χ3n) is 5.58. The van der Waals surface area contributed by atoms with Gasteiger partial charge in [0.1, 0.15) is 0 Å². The number of hydrogen-bond acceptors (Lipinski definition) is 12. The van der Waals surface area contributed by atoms with Crippen LogP contribution in [0.15, 0.2) is 0 Å². The molecule has 48 heavy (non-hydrogen) atoms. The van der Waals surface area contributed by atoms with Gasteiger partial charge in [-0.3, -0.25) is 51.1 Å². The smallest absolute Gasteiger partial charge is 0.355 e. The fraction of sp³-hybridized carbons (Fsp3) is 0.909. The Labute approximate surface area is 267 Å². The summed E-state index contributed by atoms with van der Waals surface area (Å²) in [5, 5.41) is 9.05. The molecule has 0 saturated carbocycles. The van der Waals surface area contributed by atoms with Crippen molar-refractivity contribution in [1.29, 1.82) is 0 Å². The summed E-state index contributed by atoms with van der Waals surface area (Å²) in [5.74, 6) is -1.72. The Hall–Kier alpha value is 0.550. The standard InChI is InChI=1S/C11H33N3O26P8/c15-7(16)1-2-12(3-5-13(8(41(17,18)19)42(20,21)22)9(43(23,24)25)44(26,27)28)4-6-14(10(45(29,30)31)46(32,33)34)11(47(35,36)37)48(38,39)40/h8-11H,1-6H2,(H,15,16)(H2,17,18,19)(H2,20,21,22)(H2,23,24,25)(H2,26,27,28)(H2,29,30,31)(H2,32,33,34)(H2,35,36,37)(H2,38,39,40). The largest absolute Gasteiger partial charge is 0.481 e. The SMILES string of the molecule is O=C(O)CCN(CCN(C(P(=O)(O)O)P(=O)(O)O)C(P(=O)(O)O)P(=O)(O)O)CCN(C(P(=O)(O)O)P(=O)(O)O)C(P(=O)(O)O)P(=O)(O)O. The Balaban J connectivity index is 7.37. The van der Waals surface area contributed by atoms with E-state index in [1.165, 1.54) is 0 Å². The molecule has 0 unspecified atom stereocenters. The lowest BCUT2D eigenvalue weighted by atomic mass is 10.3. The number of carboxylic acid groups (broad SMARTS) is 1. The van der Waals surface area contributed by atoms with Crippen molar-refractivity contribution in [1.82, 2.24) is 14.7 Å². The average molecular weight is 871 g/mol. The maximum absolute atomic E-state index is 12.0. The molecular formula is C11H33N3O26P8. The quantitative estimate of drug-likeness (QED) is 0.0488. The molecule has 0 heterocycles. The highest BCUT2D eigenvalue weighted by molar-refractivity contribution is 7.73. The second-order valence-corrected chi connectivity index (χ2v) is 24.5. The fourth-order valence-corrected chi connectivity index (χ4v) is 16.3. The minimum absolute atomic E-state index is 0.452. The van der Waals surface area contributed by atoms with Crippen molar-refractivity contribution in [3.8, 4) is 0 Å². The molecule has 37 heteroatoms. The van der Waals surface area contributed by atoms with Gasteiger partial charge < -0.3 is 88.3 Å². The molecule has 0 aliphatic heterocycles. The lowest BCUT2D eigenvalue weighted by Gasteiger charge is -2.40. The molecule has 0 aliphatic carbocycles. The first-order chi connectivity index (χ1) is 20.7. The second-order valence-electron chi connectivity index (χ2n) is 9.56. The molecule has 0 spiro atoms. The average Bonchev–Trinajstić information content (AvgIpc) is 2.69. The van der Waals surface area contributed by atoms with Gasteiger partial charge in [0, 0.05) is 32.7 Å². The number of rotatable bonds is 21. The molecule has 0 radical (unpaired) electrons. The molecule has 288 valence electrons. The third kappa shape index (κ3) is 15.3. The van der Waals surface area contributed by atoms with Crippen LogP contribution in [-0.4, -0.2) is 159 Å². The molecule has 0 aromatic heterocycles. The Kier molecular flexibility index (Phi) is 16.9. The molecule has 0 bridgehead atoms. The van der Waals surface area contributed by atoms with Gasteiger partial charge in [-0.05, 0) is 0 Å². The first kappa shape index (κ1) is 48.5. The van der Waals surface area contributed by atoms with Crippen molar-refractivity contribution < 1.29 is 125 Å². The van der Waals surface area contributed by atoms with Crippen LogP contribution in [-0.2, 0) is 41.3 Å². The van der Waals surface area contributed by atoms with Crippen LogP contribution in [0.5, 0.6) is 0 Å². The first-order valence-corrected chi connectivity index (χ1v) is 25.1. The lowest BCUT2D eigenvalue weighted by molar-refractivity contribution is -0.137. The van der Waals surface area contributed by atoms with E-state index >= 15 is 0 Å². The molecule has 29 nitrogen and oxygen atoms in total. The molecule has 0 amide bonds. The maximum atomic E-state index is 12.0. The number of carboxylic acids is 1. The van der Waals surface area contributed by atoms with Crippen molar-refractivity contribution in [2.24, 2.45) is 0 Å². The van der Waals surface area contributed by atoms with E-state index in [4.69, 9.17) is 5.11 Å². The van der Waals surface area contributed by atoms with E-state index < -0.39 is 138 Å². The molecule has 17 N–H and O–H groups in total. The van der Waals surface area contributed by atoms with Crippen LogP contribution in [0, 0.1) is 0 Å². The van der Waals surface area contributed by atoms with Gasteiger partial charge in [0.2, 0.25) is 22.1 Å². The van der Waals surface area contributed by atoms with Crippen LogP contribution < -0.4 is 0 Å². The van der Waals surface area contributed by atoms with E-state index in [9.17, 15) is 120 Å². The summed E-state index contributed by atoms with van der Waals surface area (Å²) in [4.78, 5) is 164. The van der Waals surface area contributed by atoms with Crippen molar-refractivity contribution in [3.63, 3.8) is 0 Å². The van der Waals surface area contributed by atoms with Crippen molar-refractivity contribution in [3.05, 3.63) is 0 Å². The summed E-state index contributed by atoms with van der Waals surface area (Å²) in [6.07, 6.45) is -1.07. The lowest BCUT2D eigenvalue weighted by Crippen LogP contribution is -2.49. The highest BCUT2D eigenvalue weighted by Crippen LogP contribution is 2.70. The normalized spacial score (nSPS) is 15.2. The fourth-order valence-electron chi connectivity index (χ4n) is 4.13. The summed E-state index contributed by atoms with van der Waals surface area (Å²) >= 11 is 0. The minimum atomic E-state index is -6.36. The first-order valence-electron chi connectivity index (χ1n) is 11.6. The summed E-state index contributed by atoms with van der Waals surface area (Å²) in [5.41, 5.74) is -14.9. The van der Waals surface area contributed by atoms with E-state index in [-0.39, 0.29) is 0 Å². The van der Waals surface area contributed by atoms with Crippen molar-refractivity contribution in [2.45, 2.75) is 28.5 Å². The van der Waals surface area contributed by atoms with E-state index in [2.05, 4.69) is 0 Å². The molecule has 0 fully saturated rings. The topological polar surface area (TPSA) is 507 Å². The number of nitrogens with zero attached hydrogens (tertiary/aromatic N) is 3. The zero-order valence-electron chi connectivity index (χ0n) is 23.2. The zero-order valence-corrected chi connectivity index (χ0v) is 30.4. The Morgan fingerprint density at radius 1 is 0.375 bits per heavy atom. The monoisotopic (exact) mass is 871 g/mol. The van der Waals surface area contributed by atoms with E-state index in [0.717, 1.165) is 0 Å². The zero-order chi connectivity index (χ0) is 38.9. The van der Waals surface area contributed by atoms with Gasteiger partial charge in [-0.1, -0.05) is 0 Å². The molecule has 0 aromatic rings. The minimum Gasteiger partial charge on any atom is -0.481 e. The van der Waals surface area contributed by atoms with Crippen LogP contribution >= 0.6 is 60.8 Å². The summed E-state index contributed by atoms with van der Waals surface area (Å²) < 4.78 is 96.3. The van der Waals surface area contributed by atoms with Crippen LogP contribution in [0.1, 0.15) is 6.42 Å². The predicted molar refractivity (Wildman–Crippen MR) is 154 cm³/mol. The number of hydrogen-bond donors (Lipinski definition) is 17. The molecule has 0 aromatic carbocycles. The Morgan fingerprint density at radius 3 is 0.708 bits per heavy atom. The summed E-state index contributed by atoms with van der Waals surface area (Å²) in [6.45, 7) is -6.95. The van der Waals surface area contributed by atoms with Crippen LogP contribution in [0.4, 0.5) is 0 Å². The molecular weight excluding hydrogens is 838 g/mol. The molecule has 0 aliphatic rings. The van der Waals surface area contributed by atoms with Crippen molar-refractivity contribution in [2.75, 3.05) is 32.7 Å². The summed E-state index contributed by atoms with van der Waals surface area (Å²) in [6, 6.07) is 0. The predicted octanol–water partition coefficient (Wildman–Crippen LogP) is -4.08. The van der Waals surface area contributed by atoms with Crippen LogP contribution in [0.3, 0.4) is 0 Å². The third-order valence-corrected chi connectivity index (χ3v) is 20.0. The highest BCUT2D eigenvalue weighted by atomic mass is 31.3. The van der Waals surface area contributed by atoms with Gasteiger partial charge in [-0.15, -0.1) is 0 Å². The highest BCUT2D eigenvalue weighted by Gasteiger charge is 2.60. The van der Waals surface area contributed by atoms with Gasteiger partial charge in [0.15, 0.2) is 0 Å². The maximum Gasteiger partial charge on any atom is 0.355 e. The van der Waals surface area contributed by atoms with Gasteiger partial charge >= 0.3 is 66.7 Å².